The summed E-state index contributed by atoms with van der Waals surface area (Å²) in [7, 11) is -5.12. The van der Waals surface area contributed by atoms with Crippen LogP contribution in [-0.2, 0) is 20.6 Å². The van der Waals surface area contributed by atoms with Crippen LogP contribution in [0.25, 0.3) is 22.0 Å². The number of thiazole rings is 1. The zero-order chi connectivity index (χ0) is 26.0. The van der Waals surface area contributed by atoms with Crippen molar-refractivity contribution in [2.45, 2.75) is 38.6 Å². The van der Waals surface area contributed by atoms with Gasteiger partial charge in [-0.25, -0.2) is 9.67 Å². The van der Waals surface area contributed by atoms with E-state index >= 15 is 0 Å². The molecule has 5 rings (SSSR count). The van der Waals surface area contributed by atoms with Crippen LogP contribution in [0.1, 0.15) is 36.3 Å². The second-order valence-corrected chi connectivity index (χ2v) is 10.3. The van der Waals surface area contributed by atoms with E-state index in [2.05, 4.69) is 24.9 Å². The van der Waals surface area contributed by atoms with Crippen molar-refractivity contribution < 1.29 is 131 Å². The fourth-order valence-corrected chi connectivity index (χ4v) is 4.89. The number of ether oxygens (including phenoxy) is 1. The van der Waals surface area contributed by atoms with Gasteiger partial charge in [-0.05, 0) is 31.9 Å². The Morgan fingerprint density at radius 3 is 2.74 bits per heavy atom. The van der Waals surface area contributed by atoms with Gasteiger partial charge in [-0.15, -0.1) is 11.3 Å². The van der Waals surface area contributed by atoms with Gasteiger partial charge < -0.3 is 28.9 Å². The summed E-state index contributed by atoms with van der Waals surface area (Å²) in [6.07, 6.45) is 8.27. The molecule has 4 aromatic heterocycles. The summed E-state index contributed by atoms with van der Waals surface area (Å²) in [5.41, 5.74) is 2.43. The fraction of sp³-hybridized carbons (Fsp3) is 0.318. The Bertz CT molecular complexity index is 1440. The first-order chi connectivity index (χ1) is 17.8. The Kier molecular flexibility index (Phi) is 12.8. The van der Waals surface area contributed by atoms with Crippen molar-refractivity contribution in [2.24, 2.45) is 0 Å². The Balaban J connectivity index is 0.00000210. The Morgan fingerprint density at radius 2 is 2.05 bits per heavy atom. The summed E-state index contributed by atoms with van der Waals surface area (Å²) in [5.74, 6) is -0.422. The van der Waals surface area contributed by atoms with Crippen LogP contribution in [0.2, 0.25) is 0 Å². The summed E-state index contributed by atoms with van der Waals surface area (Å²) >= 11 is 1.22. The first kappa shape index (κ1) is 33.5. The van der Waals surface area contributed by atoms with E-state index in [-0.39, 0.29) is 121 Å². The molecule has 13 nitrogen and oxygen atoms in total. The molecule has 0 radical (unpaired) electrons. The average Bonchev–Trinajstić information content (AvgIpc) is 3.59. The molecule has 1 fully saturated rings. The van der Waals surface area contributed by atoms with Gasteiger partial charge >= 0.3 is 103 Å². The maximum Gasteiger partial charge on any atom is 1.00 e. The third-order valence-electron chi connectivity index (χ3n) is 5.70. The molecule has 0 spiro atoms. The maximum absolute atomic E-state index is 13.1. The fourth-order valence-electron chi connectivity index (χ4n) is 3.86. The molecule has 1 aliphatic carbocycles. The molecule has 194 valence electrons. The Hall–Kier alpha value is 0.0127. The summed E-state index contributed by atoms with van der Waals surface area (Å²) in [6.45, 7) is 2.10. The van der Waals surface area contributed by atoms with Crippen LogP contribution in [0.4, 0.5) is 5.69 Å². The second-order valence-electron chi connectivity index (χ2n) is 8.25. The predicted octanol–water partition coefficient (Wildman–Crippen LogP) is -3.93. The number of anilines is 1. The molecule has 0 aliphatic heterocycles. The summed E-state index contributed by atoms with van der Waals surface area (Å²) in [4.78, 5) is 43.2. The smallest absolute Gasteiger partial charge is 0.790 e. The van der Waals surface area contributed by atoms with E-state index in [0.717, 1.165) is 17.5 Å². The van der Waals surface area contributed by atoms with Crippen LogP contribution in [0.15, 0.2) is 48.4 Å². The van der Waals surface area contributed by atoms with Gasteiger partial charge in [0.05, 0.1) is 37.5 Å². The van der Waals surface area contributed by atoms with Crippen molar-refractivity contribution in [3.63, 3.8) is 0 Å². The first-order valence-electron chi connectivity index (χ1n) is 11.4. The first-order valence-corrected chi connectivity index (χ1v) is 13.7. The molecule has 4 aromatic rings. The monoisotopic (exact) mass is 621 g/mol. The van der Waals surface area contributed by atoms with Crippen LogP contribution < -0.4 is 118 Å². The minimum atomic E-state index is -5.12. The third kappa shape index (κ3) is 8.76. The van der Waals surface area contributed by atoms with Crippen LogP contribution in [0.3, 0.4) is 0 Å². The summed E-state index contributed by atoms with van der Waals surface area (Å²) < 4.78 is 23.5. The van der Waals surface area contributed by atoms with Crippen molar-refractivity contribution >= 4 is 30.8 Å². The average molecular weight is 622 g/mol. The van der Waals surface area contributed by atoms with Crippen molar-refractivity contribution in [3.05, 3.63) is 54.1 Å². The number of pyridine rings is 1. The molecule has 0 unspecified atom stereocenters. The van der Waals surface area contributed by atoms with E-state index in [1.807, 2.05) is 29.8 Å². The van der Waals surface area contributed by atoms with E-state index in [4.69, 9.17) is 9.84 Å². The zero-order valence-electron chi connectivity index (χ0n) is 21.6. The van der Waals surface area contributed by atoms with Crippen molar-refractivity contribution in [1.29, 1.82) is 0 Å². The maximum atomic E-state index is 13.1. The third-order valence-corrected chi connectivity index (χ3v) is 7.02. The van der Waals surface area contributed by atoms with Crippen LogP contribution in [-0.4, -0.2) is 48.1 Å². The molecule has 0 bridgehead atoms. The largest absolute Gasteiger partial charge is 1.00 e. The minimum Gasteiger partial charge on any atom is -0.790 e. The molecule has 4 heterocycles. The van der Waals surface area contributed by atoms with Gasteiger partial charge in [0.1, 0.15) is 23.1 Å². The molecule has 17 heteroatoms. The molecule has 39 heavy (non-hydrogen) atoms. The number of hydrogen-bond donors (Lipinski definition) is 1. The van der Waals surface area contributed by atoms with Crippen molar-refractivity contribution in [2.75, 3.05) is 11.9 Å². The Morgan fingerprint density at radius 1 is 1.26 bits per heavy atom. The molecular formula is C22H22K2N7O6PS. The zero-order valence-corrected chi connectivity index (χ0v) is 29.5. The minimum absolute atomic E-state index is 0. The number of carbonyl (C=O) groups excluding carboxylic acids is 1. The summed E-state index contributed by atoms with van der Waals surface area (Å²) in [5, 5.41) is 13.6. The molecule has 0 saturated heterocycles. The number of hydrogen-bond acceptors (Lipinski definition) is 11. The SMILES string of the molecule is CCOC1CC(n2cc(NC(=O)c3csc(-c4cnn(COP(=O)([O-])[O-])c4)n3)c(-c3ccccn3)n2)C1.[K+].[K+]. The predicted molar refractivity (Wildman–Crippen MR) is 129 cm³/mol. The van der Waals surface area contributed by atoms with Crippen LogP contribution in [0.5, 0.6) is 0 Å². The quantitative estimate of drug-likeness (QED) is 0.136. The number of aromatic nitrogens is 6. The summed E-state index contributed by atoms with van der Waals surface area (Å²) in [6, 6.07) is 5.66. The van der Waals surface area contributed by atoms with Gasteiger partial charge in [0.15, 0.2) is 0 Å². The van der Waals surface area contributed by atoms with E-state index in [9.17, 15) is 19.1 Å². The van der Waals surface area contributed by atoms with Crippen molar-refractivity contribution in [1.82, 2.24) is 29.5 Å². The second kappa shape index (κ2) is 15.0. The molecule has 1 N–H and O–H groups in total. The van der Waals surface area contributed by atoms with E-state index in [0.29, 0.717) is 34.3 Å². The topological polar surface area (TPSA) is 172 Å². The normalized spacial score (nSPS) is 16.6. The van der Waals surface area contributed by atoms with E-state index in [1.165, 1.54) is 23.7 Å². The molecule has 1 aliphatic rings. The number of nitrogens with zero attached hydrogens (tertiary/aromatic N) is 6. The van der Waals surface area contributed by atoms with Crippen molar-refractivity contribution in [3.8, 4) is 22.0 Å². The Labute approximate surface area is 313 Å². The van der Waals surface area contributed by atoms with Gasteiger partial charge in [-0.3, -0.25) is 14.5 Å². The molecule has 1 amide bonds. The number of phosphoric ester groups is 1. The van der Waals surface area contributed by atoms with Gasteiger partial charge in [0.2, 0.25) is 0 Å². The number of rotatable bonds is 10. The van der Waals surface area contributed by atoms with Crippen LogP contribution >= 0.6 is 19.2 Å². The number of nitrogens with one attached hydrogen (secondary N) is 1. The molecule has 0 aromatic carbocycles. The standard InChI is InChI=1S/C22H24N7O6PS.2K/c1-2-34-16-7-15(8-16)29-11-18(20(27-29)17-5-3-4-6-23-17)25-21(30)19-12-37-22(26-19)14-9-24-28(10-14)13-35-36(31,32)33;;/h3-6,9-12,15-16H,2,7-8,13H2,1H3,(H,25,30)(H2,31,32,33);;/q;2*+1/p-2. The molecule has 1 saturated carbocycles. The van der Waals surface area contributed by atoms with Gasteiger partial charge in [0.25, 0.3) is 5.91 Å². The number of carbonyl (C=O) groups is 1. The molecule has 0 atom stereocenters. The van der Waals surface area contributed by atoms with Gasteiger partial charge in [0, 0.05) is 36.1 Å². The number of amides is 1. The van der Waals surface area contributed by atoms with Crippen LogP contribution in [0, 0.1) is 0 Å². The molecular weight excluding hydrogens is 600 g/mol. The van der Waals surface area contributed by atoms with Gasteiger partial charge in [-0.2, -0.15) is 10.2 Å². The van der Waals surface area contributed by atoms with E-state index in [1.54, 1.807) is 17.8 Å². The van der Waals surface area contributed by atoms with E-state index < -0.39 is 20.5 Å². The van der Waals surface area contributed by atoms with Gasteiger partial charge in [-0.1, -0.05) is 6.07 Å². The number of phosphoric acid groups is 1.